The molecule has 7 heteroatoms. The Morgan fingerprint density at radius 3 is 2.54 bits per heavy atom. The molecule has 0 aliphatic heterocycles. The van der Waals surface area contributed by atoms with Gasteiger partial charge >= 0.3 is 6.03 Å². The third-order valence-electron chi connectivity index (χ3n) is 3.41. The molecule has 0 spiro atoms. The first-order valence-electron chi connectivity index (χ1n) is 7.31. The van der Waals surface area contributed by atoms with Gasteiger partial charge in [-0.05, 0) is 5.56 Å². The maximum Gasteiger partial charge on any atom is 0.321 e. The minimum atomic E-state index is -0.295. The molecule has 0 aliphatic rings. The van der Waals surface area contributed by atoms with E-state index < -0.39 is 0 Å². The van der Waals surface area contributed by atoms with E-state index in [1.165, 1.54) is 11.3 Å². The van der Waals surface area contributed by atoms with Crippen molar-refractivity contribution in [2.45, 2.75) is 6.54 Å². The highest BCUT2D eigenvalue weighted by Crippen LogP contribution is 2.36. The van der Waals surface area contributed by atoms with Crippen LogP contribution in [0.4, 0.5) is 9.93 Å². The summed E-state index contributed by atoms with van der Waals surface area (Å²) in [6.45, 7) is 0.458. The first-order valence-corrected chi connectivity index (χ1v) is 8.12. The average molecular weight is 343 g/mol. The van der Waals surface area contributed by atoms with Crippen LogP contribution in [0.1, 0.15) is 5.56 Å². The Morgan fingerprint density at radius 2 is 1.83 bits per heavy atom. The molecule has 0 fully saturated rings. The molecule has 0 saturated carbocycles. The predicted octanol–water partition coefficient (Wildman–Crippen LogP) is 3.64. The molecule has 124 valence electrons. The molecule has 2 aromatic carbocycles. The number of carbonyl (C=O) groups excluding carboxylic acids is 1. The molecule has 2 amide bonds. The van der Waals surface area contributed by atoms with Gasteiger partial charge in [0.1, 0.15) is 0 Å². The van der Waals surface area contributed by atoms with E-state index in [2.05, 4.69) is 15.6 Å². The first kappa shape index (κ1) is 16.1. The van der Waals surface area contributed by atoms with Gasteiger partial charge in [0.2, 0.25) is 0 Å². The summed E-state index contributed by atoms with van der Waals surface area (Å²) < 4.78 is 11.4. The summed E-state index contributed by atoms with van der Waals surface area (Å²) in [6.07, 6.45) is 0. The molecule has 0 saturated heterocycles. The van der Waals surface area contributed by atoms with E-state index in [1.807, 2.05) is 36.4 Å². The SMILES string of the molecule is COc1cc2nc(NC(=O)NCc3ccccc3)sc2cc1OC. The minimum absolute atomic E-state index is 0.295. The molecule has 0 atom stereocenters. The fourth-order valence-electron chi connectivity index (χ4n) is 2.23. The largest absolute Gasteiger partial charge is 0.493 e. The number of rotatable bonds is 5. The summed E-state index contributed by atoms with van der Waals surface area (Å²) in [5.41, 5.74) is 1.78. The van der Waals surface area contributed by atoms with Crippen molar-refractivity contribution in [3.8, 4) is 11.5 Å². The molecule has 0 radical (unpaired) electrons. The van der Waals surface area contributed by atoms with Gasteiger partial charge in [-0.3, -0.25) is 5.32 Å². The third-order valence-corrected chi connectivity index (χ3v) is 4.34. The van der Waals surface area contributed by atoms with Crippen LogP contribution in [0.3, 0.4) is 0 Å². The van der Waals surface area contributed by atoms with Crippen molar-refractivity contribution in [2.75, 3.05) is 19.5 Å². The summed E-state index contributed by atoms with van der Waals surface area (Å²) in [7, 11) is 3.16. The van der Waals surface area contributed by atoms with Crippen LogP contribution in [0.15, 0.2) is 42.5 Å². The molecule has 0 unspecified atom stereocenters. The van der Waals surface area contributed by atoms with Crippen LogP contribution in [-0.4, -0.2) is 25.2 Å². The van der Waals surface area contributed by atoms with Gasteiger partial charge in [-0.25, -0.2) is 9.78 Å². The van der Waals surface area contributed by atoms with Crippen molar-refractivity contribution < 1.29 is 14.3 Å². The summed E-state index contributed by atoms with van der Waals surface area (Å²) in [4.78, 5) is 16.4. The van der Waals surface area contributed by atoms with E-state index in [-0.39, 0.29) is 6.03 Å². The lowest BCUT2D eigenvalue weighted by Crippen LogP contribution is -2.28. The second kappa shape index (κ2) is 7.18. The lowest BCUT2D eigenvalue weighted by atomic mass is 10.2. The van der Waals surface area contributed by atoms with Crippen molar-refractivity contribution in [1.82, 2.24) is 10.3 Å². The number of ether oxygens (including phenoxy) is 2. The zero-order chi connectivity index (χ0) is 16.9. The number of urea groups is 1. The van der Waals surface area contributed by atoms with E-state index in [4.69, 9.17) is 9.47 Å². The fraction of sp³-hybridized carbons (Fsp3) is 0.176. The topological polar surface area (TPSA) is 72.5 Å². The number of thiazole rings is 1. The van der Waals surface area contributed by atoms with Crippen LogP contribution in [0.25, 0.3) is 10.2 Å². The van der Waals surface area contributed by atoms with Crippen molar-refractivity contribution >= 4 is 32.7 Å². The van der Waals surface area contributed by atoms with Gasteiger partial charge in [0.15, 0.2) is 16.6 Å². The standard InChI is InChI=1S/C17H17N3O3S/c1-22-13-8-12-15(9-14(13)23-2)24-17(19-12)20-16(21)18-10-11-6-4-3-5-7-11/h3-9H,10H2,1-2H3,(H2,18,19,20,21). The Kier molecular flexibility index (Phi) is 4.81. The van der Waals surface area contributed by atoms with Crippen molar-refractivity contribution in [3.05, 3.63) is 48.0 Å². The van der Waals surface area contributed by atoms with E-state index >= 15 is 0 Å². The number of nitrogens with zero attached hydrogens (tertiary/aromatic N) is 1. The highest BCUT2D eigenvalue weighted by Gasteiger charge is 2.12. The normalized spacial score (nSPS) is 10.4. The number of anilines is 1. The molecule has 3 aromatic rings. The maximum atomic E-state index is 12.0. The molecule has 0 bridgehead atoms. The zero-order valence-corrected chi connectivity index (χ0v) is 14.1. The summed E-state index contributed by atoms with van der Waals surface area (Å²) in [5, 5.41) is 6.08. The summed E-state index contributed by atoms with van der Waals surface area (Å²) in [6, 6.07) is 13.1. The van der Waals surface area contributed by atoms with Crippen LogP contribution in [-0.2, 0) is 6.54 Å². The molecule has 1 aromatic heterocycles. The van der Waals surface area contributed by atoms with Crippen LogP contribution in [0.2, 0.25) is 0 Å². The number of fused-ring (bicyclic) bond motifs is 1. The molecule has 24 heavy (non-hydrogen) atoms. The molecule has 0 aliphatic carbocycles. The first-order chi connectivity index (χ1) is 11.7. The lowest BCUT2D eigenvalue weighted by Gasteiger charge is -2.05. The Hall–Kier alpha value is -2.80. The molecule has 6 nitrogen and oxygen atoms in total. The zero-order valence-electron chi connectivity index (χ0n) is 13.3. The number of methoxy groups -OCH3 is 2. The van der Waals surface area contributed by atoms with Gasteiger partial charge in [0.25, 0.3) is 0 Å². The fourth-order valence-corrected chi connectivity index (χ4v) is 3.10. The van der Waals surface area contributed by atoms with Crippen molar-refractivity contribution in [2.24, 2.45) is 0 Å². The van der Waals surface area contributed by atoms with E-state index in [0.29, 0.717) is 23.2 Å². The van der Waals surface area contributed by atoms with Gasteiger partial charge < -0.3 is 14.8 Å². The summed E-state index contributed by atoms with van der Waals surface area (Å²) in [5.74, 6) is 1.24. The molecule has 1 heterocycles. The number of hydrogen-bond acceptors (Lipinski definition) is 5. The smallest absolute Gasteiger partial charge is 0.321 e. The molecular formula is C17H17N3O3S. The van der Waals surface area contributed by atoms with E-state index in [0.717, 1.165) is 15.8 Å². The lowest BCUT2D eigenvalue weighted by molar-refractivity contribution is 0.251. The second-order valence-corrected chi connectivity index (χ2v) is 6.02. The summed E-state index contributed by atoms with van der Waals surface area (Å²) >= 11 is 1.38. The number of carbonyl (C=O) groups is 1. The van der Waals surface area contributed by atoms with E-state index in [1.54, 1.807) is 20.3 Å². The van der Waals surface area contributed by atoms with Crippen LogP contribution in [0, 0.1) is 0 Å². The monoisotopic (exact) mass is 343 g/mol. The second-order valence-electron chi connectivity index (χ2n) is 4.99. The molecular weight excluding hydrogens is 326 g/mol. The number of benzene rings is 2. The van der Waals surface area contributed by atoms with Gasteiger partial charge in [-0.1, -0.05) is 41.7 Å². The number of aromatic nitrogens is 1. The quantitative estimate of drug-likeness (QED) is 0.742. The van der Waals surface area contributed by atoms with Crippen LogP contribution < -0.4 is 20.1 Å². The maximum absolute atomic E-state index is 12.0. The van der Waals surface area contributed by atoms with Gasteiger partial charge in [-0.15, -0.1) is 0 Å². The van der Waals surface area contributed by atoms with Crippen molar-refractivity contribution in [1.29, 1.82) is 0 Å². The Bertz CT molecular complexity index is 808. The van der Waals surface area contributed by atoms with Crippen molar-refractivity contribution in [3.63, 3.8) is 0 Å². The number of amides is 2. The highest BCUT2D eigenvalue weighted by atomic mass is 32.1. The molecule has 3 rings (SSSR count). The van der Waals surface area contributed by atoms with Gasteiger partial charge in [0.05, 0.1) is 24.4 Å². The van der Waals surface area contributed by atoms with E-state index in [9.17, 15) is 4.79 Å². The highest BCUT2D eigenvalue weighted by molar-refractivity contribution is 7.22. The van der Waals surface area contributed by atoms with Gasteiger partial charge in [0, 0.05) is 18.7 Å². The van der Waals surface area contributed by atoms with Crippen LogP contribution in [0.5, 0.6) is 11.5 Å². The Morgan fingerprint density at radius 1 is 1.12 bits per heavy atom. The Labute approximate surface area is 143 Å². The minimum Gasteiger partial charge on any atom is -0.493 e. The predicted molar refractivity (Wildman–Crippen MR) is 95.0 cm³/mol. The Balaban J connectivity index is 1.69. The molecule has 2 N–H and O–H groups in total. The number of hydrogen-bond donors (Lipinski definition) is 2. The van der Waals surface area contributed by atoms with Gasteiger partial charge in [-0.2, -0.15) is 0 Å². The average Bonchev–Trinajstić information content (AvgIpc) is 3.00. The van der Waals surface area contributed by atoms with Crippen LogP contribution >= 0.6 is 11.3 Å². The number of nitrogens with one attached hydrogen (secondary N) is 2. The third kappa shape index (κ3) is 3.57.